The Labute approximate surface area is 131 Å². The third-order valence-corrected chi connectivity index (χ3v) is 4.30. The molecule has 9 heteroatoms. The van der Waals surface area contributed by atoms with Gasteiger partial charge in [0.05, 0.1) is 12.2 Å². The van der Waals surface area contributed by atoms with E-state index in [-0.39, 0.29) is 11.8 Å². The van der Waals surface area contributed by atoms with Crippen molar-refractivity contribution in [1.29, 1.82) is 0 Å². The van der Waals surface area contributed by atoms with Crippen LogP contribution in [0.2, 0.25) is 5.28 Å². The molecule has 0 bridgehead atoms. The van der Waals surface area contributed by atoms with Gasteiger partial charge in [-0.25, -0.2) is 14.8 Å². The third kappa shape index (κ3) is 2.54. The second-order valence-corrected chi connectivity index (χ2v) is 5.79. The molecule has 0 unspecified atom stereocenters. The van der Waals surface area contributed by atoms with E-state index in [9.17, 15) is 14.7 Å². The zero-order valence-electron chi connectivity index (χ0n) is 11.8. The van der Waals surface area contributed by atoms with E-state index in [1.165, 1.54) is 4.90 Å². The summed E-state index contributed by atoms with van der Waals surface area (Å²) in [5, 5.41) is 9.29. The lowest BCUT2D eigenvalue weighted by molar-refractivity contribution is -0.119. The molecule has 118 valence electrons. The number of primary amides is 1. The van der Waals surface area contributed by atoms with Crippen molar-refractivity contribution in [3.63, 3.8) is 0 Å². The number of carboxylic acid groups (broad SMARTS) is 1. The summed E-state index contributed by atoms with van der Waals surface area (Å²) < 4.78 is 0. The highest BCUT2D eigenvalue weighted by Gasteiger charge is 2.34. The van der Waals surface area contributed by atoms with Crippen LogP contribution in [0.4, 0.5) is 10.6 Å². The fraction of sp³-hybridized carbons (Fsp3) is 0.538. The van der Waals surface area contributed by atoms with E-state index >= 15 is 0 Å². The lowest BCUT2D eigenvalue weighted by Crippen LogP contribution is -2.43. The van der Waals surface area contributed by atoms with E-state index in [1.807, 2.05) is 4.90 Å². The highest BCUT2D eigenvalue weighted by Crippen LogP contribution is 2.32. The van der Waals surface area contributed by atoms with Gasteiger partial charge in [0.25, 0.3) is 0 Å². The molecule has 22 heavy (non-hydrogen) atoms. The van der Waals surface area contributed by atoms with Crippen LogP contribution in [-0.4, -0.2) is 51.1 Å². The van der Waals surface area contributed by atoms with Crippen molar-refractivity contribution >= 4 is 29.4 Å². The molecule has 1 atom stereocenters. The van der Waals surface area contributed by atoms with Gasteiger partial charge in [-0.1, -0.05) is 0 Å². The predicted molar refractivity (Wildman–Crippen MR) is 78.7 cm³/mol. The van der Waals surface area contributed by atoms with Crippen LogP contribution in [0.1, 0.15) is 24.1 Å². The summed E-state index contributed by atoms with van der Waals surface area (Å²) in [5.74, 6) is 0.120. The van der Waals surface area contributed by atoms with Crippen LogP contribution in [0.3, 0.4) is 0 Å². The Hall–Kier alpha value is -2.09. The first kappa shape index (κ1) is 14.8. The van der Waals surface area contributed by atoms with Gasteiger partial charge in [-0.05, 0) is 24.4 Å². The Morgan fingerprint density at radius 2 is 2.09 bits per heavy atom. The maximum Gasteiger partial charge on any atom is 0.407 e. The van der Waals surface area contributed by atoms with Gasteiger partial charge in [-0.2, -0.15) is 0 Å². The molecule has 3 rings (SSSR count). The van der Waals surface area contributed by atoms with Crippen molar-refractivity contribution in [2.24, 2.45) is 5.73 Å². The van der Waals surface area contributed by atoms with E-state index in [0.29, 0.717) is 37.3 Å². The van der Waals surface area contributed by atoms with Crippen LogP contribution < -0.4 is 10.6 Å². The van der Waals surface area contributed by atoms with E-state index in [0.717, 1.165) is 12.1 Å². The molecule has 1 fully saturated rings. The average molecular weight is 326 g/mol. The van der Waals surface area contributed by atoms with Gasteiger partial charge in [0.2, 0.25) is 11.2 Å². The maximum absolute atomic E-state index is 11.6. The van der Waals surface area contributed by atoms with Gasteiger partial charge in [-0.15, -0.1) is 0 Å². The Morgan fingerprint density at radius 1 is 1.32 bits per heavy atom. The number of halogens is 1. The first-order chi connectivity index (χ1) is 10.5. The molecule has 8 nitrogen and oxygen atoms in total. The first-order valence-corrected chi connectivity index (χ1v) is 7.44. The summed E-state index contributed by atoms with van der Waals surface area (Å²) in [6.07, 6.45) is 0.979. The summed E-state index contributed by atoms with van der Waals surface area (Å²) >= 11 is 5.99. The molecule has 1 saturated heterocycles. The lowest BCUT2D eigenvalue weighted by atomic mass is 10.1. The van der Waals surface area contributed by atoms with Gasteiger partial charge in [0, 0.05) is 25.1 Å². The van der Waals surface area contributed by atoms with Crippen LogP contribution in [0.25, 0.3) is 0 Å². The van der Waals surface area contributed by atoms with Crippen LogP contribution in [0.5, 0.6) is 0 Å². The van der Waals surface area contributed by atoms with Crippen LogP contribution in [0, 0.1) is 0 Å². The third-order valence-electron chi connectivity index (χ3n) is 4.13. The van der Waals surface area contributed by atoms with E-state index in [4.69, 9.17) is 17.3 Å². The van der Waals surface area contributed by atoms with Crippen molar-refractivity contribution in [2.45, 2.75) is 31.8 Å². The van der Waals surface area contributed by atoms with Crippen molar-refractivity contribution in [1.82, 2.24) is 14.9 Å². The van der Waals surface area contributed by atoms with Gasteiger partial charge < -0.3 is 20.6 Å². The summed E-state index contributed by atoms with van der Waals surface area (Å²) in [6.45, 7) is 1.20. The minimum absolute atomic E-state index is 0.104. The molecule has 3 heterocycles. The van der Waals surface area contributed by atoms with E-state index < -0.39 is 18.0 Å². The van der Waals surface area contributed by atoms with E-state index in [2.05, 4.69) is 9.97 Å². The van der Waals surface area contributed by atoms with Crippen molar-refractivity contribution in [2.75, 3.05) is 18.0 Å². The quantitative estimate of drug-likeness (QED) is 0.771. The Balaban J connectivity index is 2.03. The number of carbonyl (C=O) groups excluding carboxylic acids is 1. The number of hydrogen-bond donors (Lipinski definition) is 2. The fourth-order valence-electron chi connectivity index (χ4n) is 3.08. The largest absolute Gasteiger partial charge is 0.465 e. The van der Waals surface area contributed by atoms with Crippen molar-refractivity contribution in [3.8, 4) is 0 Å². The highest BCUT2D eigenvalue weighted by atomic mass is 35.5. The number of nitrogens with two attached hydrogens (primary N) is 1. The summed E-state index contributed by atoms with van der Waals surface area (Å²) in [7, 11) is 0. The van der Waals surface area contributed by atoms with Gasteiger partial charge >= 0.3 is 6.09 Å². The average Bonchev–Trinajstić information content (AvgIpc) is 2.95. The Kier molecular flexibility index (Phi) is 3.78. The molecule has 1 aromatic rings. The summed E-state index contributed by atoms with van der Waals surface area (Å²) in [6, 6.07) is -0.435. The van der Waals surface area contributed by atoms with Crippen molar-refractivity contribution in [3.05, 3.63) is 16.5 Å². The number of carbonyl (C=O) groups is 2. The molecule has 0 radical (unpaired) electrons. The second-order valence-electron chi connectivity index (χ2n) is 5.45. The number of fused-ring (bicyclic) bond motifs is 1. The molecular formula is C13H16ClN5O3. The Bertz CT molecular complexity index is 638. The molecule has 3 N–H and O–H groups in total. The number of rotatable bonds is 2. The maximum atomic E-state index is 11.6. The minimum atomic E-state index is -0.987. The summed E-state index contributed by atoms with van der Waals surface area (Å²) in [4.78, 5) is 34.4. The SMILES string of the molecule is NC(=O)[C@@H]1CCCN1c1nc(Cl)nc2c1CN(C(=O)O)CC2. The summed E-state index contributed by atoms with van der Waals surface area (Å²) in [5.41, 5.74) is 6.91. The molecular weight excluding hydrogens is 310 g/mol. The molecule has 2 aliphatic rings. The van der Waals surface area contributed by atoms with Crippen molar-refractivity contribution < 1.29 is 14.7 Å². The number of amides is 2. The topological polar surface area (TPSA) is 113 Å². The number of nitrogens with zero attached hydrogens (tertiary/aromatic N) is 4. The van der Waals surface area contributed by atoms with Gasteiger partial charge in [-0.3, -0.25) is 4.79 Å². The van der Waals surface area contributed by atoms with Gasteiger partial charge in [0.15, 0.2) is 0 Å². The zero-order valence-corrected chi connectivity index (χ0v) is 12.6. The Morgan fingerprint density at radius 3 is 2.77 bits per heavy atom. The first-order valence-electron chi connectivity index (χ1n) is 7.06. The molecule has 2 aliphatic heterocycles. The second kappa shape index (κ2) is 5.60. The number of aromatic nitrogens is 2. The molecule has 1 aromatic heterocycles. The number of anilines is 1. The van der Waals surface area contributed by atoms with Crippen LogP contribution in [-0.2, 0) is 17.8 Å². The minimum Gasteiger partial charge on any atom is -0.465 e. The normalized spacial score (nSPS) is 20.9. The fourth-order valence-corrected chi connectivity index (χ4v) is 3.27. The van der Waals surface area contributed by atoms with Crippen LogP contribution in [0.15, 0.2) is 0 Å². The smallest absolute Gasteiger partial charge is 0.407 e. The zero-order chi connectivity index (χ0) is 15.9. The monoisotopic (exact) mass is 325 g/mol. The molecule has 0 aliphatic carbocycles. The molecule has 0 spiro atoms. The van der Waals surface area contributed by atoms with Crippen LogP contribution >= 0.6 is 11.6 Å². The number of hydrogen-bond acceptors (Lipinski definition) is 5. The lowest BCUT2D eigenvalue weighted by Gasteiger charge is -2.31. The van der Waals surface area contributed by atoms with Gasteiger partial charge in [0.1, 0.15) is 11.9 Å². The highest BCUT2D eigenvalue weighted by molar-refractivity contribution is 6.28. The molecule has 0 aromatic carbocycles. The van der Waals surface area contributed by atoms with E-state index in [1.54, 1.807) is 0 Å². The molecule has 2 amide bonds. The molecule has 0 saturated carbocycles. The standard InChI is InChI=1S/C13H16ClN5O3/c14-12-16-8-3-5-18(13(21)22)6-7(8)11(17-12)19-4-1-2-9(19)10(15)20/h9H,1-6H2,(H2,15,20)(H,21,22)/t9-/m0/s1. The predicted octanol–water partition coefficient (Wildman–Crippen LogP) is 0.620.